The van der Waals surface area contributed by atoms with E-state index in [-0.39, 0.29) is 5.91 Å². The molecule has 1 N–H and O–H groups in total. The van der Waals surface area contributed by atoms with Gasteiger partial charge in [0, 0.05) is 60.8 Å². The number of nitrogens with zero attached hydrogens (tertiary/aromatic N) is 3. The third kappa shape index (κ3) is 8.91. The van der Waals surface area contributed by atoms with Gasteiger partial charge >= 0.3 is 0 Å². The minimum atomic E-state index is 0.135. The average Bonchev–Trinajstić information content (AvgIpc) is 3.33. The van der Waals surface area contributed by atoms with Crippen LogP contribution in [-0.4, -0.2) is 65.3 Å². The molecular weight excluding hydrogens is 476 g/mol. The average molecular weight is 525 g/mol. The van der Waals surface area contributed by atoms with Crippen LogP contribution in [0.15, 0.2) is 54.7 Å². The van der Waals surface area contributed by atoms with Crippen molar-refractivity contribution < 1.29 is 4.79 Å². The lowest BCUT2D eigenvalue weighted by Gasteiger charge is -2.32. The largest absolute Gasteiger partial charge is 0.336 e. The van der Waals surface area contributed by atoms with Crippen LogP contribution in [0.2, 0.25) is 0 Å². The number of hydrogen-bond acceptors (Lipinski definition) is 4. The summed E-state index contributed by atoms with van der Waals surface area (Å²) in [4.78, 5) is 17.2. The molecule has 204 valence electrons. The first-order valence-corrected chi connectivity index (χ1v) is 14.8. The first-order chi connectivity index (χ1) is 17.8. The Kier molecular flexibility index (Phi) is 13.3. The Labute approximate surface area is 229 Å². The molecule has 1 unspecified atom stereocenters. The van der Waals surface area contributed by atoms with Crippen molar-refractivity contribution in [2.24, 2.45) is 0 Å². The van der Waals surface area contributed by atoms with Gasteiger partial charge in [0.2, 0.25) is 0 Å². The molecule has 3 aromatic rings. The lowest BCUT2D eigenvalue weighted by Crippen LogP contribution is -2.47. The predicted octanol–water partition coefficient (Wildman–Crippen LogP) is 7.21. The maximum absolute atomic E-state index is 12.9. The number of benzene rings is 2. The number of carbonyl (C=O) groups is 1. The van der Waals surface area contributed by atoms with Gasteiger partial charge in [-0.25, -0.2) is 0 Å². The molecule has 1 aliphatic heterocycles. The van der Waals surface area contributed by atoms with Gasteiger partial charge in [-0.05, 0) is 54.9 Å². The molecule has 1 fully saturated rings. The minimum absolute atomic E-state index is 0.135. The Balaban J connectivity index is 0.000000898. The SMILES string of the molecule is CC.CC(C)SNCC(C)c1ccc(-n2ccc3cc(C(=O)N4CCN(C)CC4)ccc32)cc1.CCC. The number of likely N-dealkylation sites (N-methyl/N-ethyl adjacent to an activating group) is 1. The van der Waals surface area contributed by atoms with Gasteiger partial charge in [-0.2, -0.15) is 0 Å². The highest BCUT2D eigenvalue weighted by atomic mass is 32.2. The second-order valence-electron chi connectivity index (χ2n) is 9.77. The van der Waals surface area contributed by atoms with Gasteiger partial charge in [0.25, 0.3) is 5.91 Å². The van der Waals surface area contributed by atoms with Gasteiger partial charge in [-0.3, -0.25) is 9.52 Å². The summed E-state index contributed by atoms with van der Waals surface area (Å²) in [6.07, 6.45) is 3.34. The fourth-order valence-corrected chi connectivity index (χ4v) is 4.79. The number of rotatable bonds is 7. The molecular formula is C31H48N4OS. The van der Waals surface area contributed by atoms with E-state index in [0.29, 0.717) is 11.2 Å². The molecule has 37 heavy (non-hydrogen) atoms. The van der Waals surface area contributed by atoms with Crippen molar-refractivity contribution in [2.75, 3.05) is 39.8 Å². The van der Waals surface area contributed by atoms with E-state index in [1.807, 2.05) is 30.9 Å². The summed E-state index contributed by atoms with van der Waals surface area (Å²) in [5, 5.41) is 1.68. The Morgan fingerprint density at radius 1 is 0.946 bits per heavy atom. The molecule has 1 aliphatic rings. The zero-order valence-electron chi connectivity index (χ0n) is 24.3. The van der Waals surface area contributed by atoms with Crippen molar-refractivity contribution in [3.8, 4) is 5.69 Å². The molecule has 4 rings (SSSR count). The van der Waals surface area contributed by atoms with E-state index in [1.165, 1.54) is 12.0 Å². The molecule has 0 bridgehead atoms. The van der Waals surface area contributed by atoms with E-state index in [1.54, 1.807) is 11.9 Å². The van der Waals surface area contributed by atoms with Crippen LogP contribution in [0.3, 0.4) is 0 Å². The van der Waals surface area contributed by atoms with Crippen LogP contribution in [-0.2, 0) is 0 Å². The maximum Gasteiger partial charge on any atom is 0.253 e. The normalized spacial score (nSPS) is 14.6. The molecule has 0 radical (unpaired) electrons. The van der Waals surface area contributed by atoms with Crippen LogP contribution in [0.1, 0.15) is 76.7 Å². The van der Waals surface area contributed by atoms with Gasteiger partial charge < -0.3 is 14.4 Å². The summed E-state index contributed by atoms with van der Waals surface area (Å²) >= 11 is 1.79. The van der Waals surface area contributed by atoms with E-state index >= 15 is 0 Å². The van der Waals surface area contributed by atoms with Crippen molar-refractivity contribution in [1.29, 1.82) is 0 Å². The van der Waals surface area contributed by atoms with Gasteiger partial charge in [0.15, 0.2) is 0 Å². The molecule has 2 heterocycles. The predicted molar refractivity (Wildman–Crippen MR) is 163 cm³/mol. The zero-order valence-corrected chi connectivity index (χ0v) is 25.1. The number of nitrogens with one attached hydrogen (secondary N) is 1. The molecule has 0 saturated carbocycles. The second-order valence-corrected chi connectivity index (χ2v) is 11.2. The van der Waals surface area contributed by atoms with Gasteiger partial charge in [0.1, 0.15) is 0 Å². The van der Waals surface area contributed by atoms with E-state index in [2.05, 4.69) is 98.5 Å². The van der Waals surface area contributed by atoms with Crippen LogP contribution in [0.4, 0.5) is 0 Å². The minimum Gasteiger partial charge on any atom is -0.336 e. The van der Waals surface area contributed by atoms with Crippen molar-refractivity contribution in [3.05, 3.63) is 65.9 Å². The highest BCUT2D eigenvalue weighted by Crippen LogP contribution is 2.24. The third-order valence-electron chi connectivity index (χ3n) is 6.18. The third-order valence-corrected chi connectivity index (χ3v) is 6.98. The second kappa shape index (κ2) is 15.9. The smallest absolute Gasteiger partial charge is 0.253 e. The number of fused-ring (bicyclic) bond motifs is 1. The Bertz CT molecular complexity index is 1070. The molecule has 1 atom stereocenters. The molecule has 0 aliphatic carbocycles. The Hall–Kier alpha value is -2.28. The Morgan fingerprint density at radius 2 is 1.57 bits per heavy atom. The molecule has 2 aromatic carbocycles. The highest BCUT2D eigenvalue weighted by molar-refractivity contribution is 7.97. The number of hydrogen-bond donors (Lipinski definition) is 1. The molecule has 0 spiro atoms. The summed E-state index contributed by atoms with van der Waals surface area (Å²) in [6.45, 7) is 19.3. The topological polar surface area (TPSA) is 40.5 Å². The first-order valence-electron chi connectivity index (χ1n) is 13.9. The number of piperazine rings is 1. The summed E-state index contributed by atoms with van der Waals surface area (Å²) in [6, 6.07) is 17.0. The summed E-state index contributed by atoms with van der Waals surface area (Å²) in [5.74, 6) is 0.593. The van der Waals surface area contributed by atoms with Crippen molar-refractivity contribution in [1.82, 2.24) is 19.1 Å². The zero-order chi connectivity index (χ0) is 27.4. The van der Waals surface area contributed by atoms with Crippen molar-refractivity contribution in [3.63, 3.8) is 0 Å². The fourth-order valence-electron chi connectivity index (χ4n) is 4.11. The van der Waals surface area contributed by atoms with Crippen LogP contribution in [0.5, 0.6) is 0 Å². The van der Waals surface area contributed by atoms with Crippen molar-refractivity contribution in [2.45, 2.75) is 66.1 Å². The van der Waals surface area contributed by atoms with Crippen molar-refractivity contribution >= 4 is 28.8 Å². The van der Waals surface area contributed by atoms with E-state index < -0.39 is 0 Å². The number of carbonyl (C=O) groups excluding carboxylic acids is 1. The number of aromatic nitrogens is 1. The quantitative estimate of drug-likeness (QED) is 0.332. The maximum atomic E-state index is 12.9. The van der Waals surface area contributed by atoms with E-state index in [0.717, 1.165) is 54.9 Å². The van der Waals surface area contributed by atoms with Gasteiger partial charge in [-0.15, -0.1) is 0 Å². The fraction of sp³-hybridized carbons (Fsp3) is 0.516. The van der Waals surface area contributed by atoms with Crippen LogP contribution in [0.25, 0.3) is 16.6 Å². The molecule has 1 amide bonds. The molecule has 1 saturated heterocycles. The van der Waals surface area contributed by atoms with Gasteiger partial charge in [0.05, 0.1) is 5.52 Å². The molecule has 1 aromatic heterocycles. The standard InChI is InChI=1S/C26H34N4OS.C3H8.C2H6/c1-19(2)32-27-18-20(3)21-5-8-24(9-6-21)30-12-11-22-17-23(7-10-25(22)30)26(31)29-15-13-28(4)14-16-29;1-3-2;1-2/h5-12,17,19-20,27H,13-16,18H2,1-4H3;3H2,1-2H3;1-2H3. The Morgan fingerprint density at radius 3 is 2.16 bits per heavy atom. The highest BCUT2D eigenvalue weighted by Gasteiger charge is 2.20. The monoisotopic (exact) mass is 524 g/mol. The first kappa shape index (κ1) is 30.9. The molecule has 6 heteroatoms. The van der Waals surface area contributed by atoms with Crippen LogP contribution < -0.4 is 4.72 Å². The summed E-state index contributed by atoms with van der Waals surface area (Å²) < 4.78 is 5.66. The lowest BCUT2D eigenvalue weighted by atomic mass is 10.0. The van der Waals surface area contributed by atoms with E-state index in [9.17, 15) is 4.79 Å². The van der Waals surface area contributed by atoms with Crippen LogP contribution >= 0.6 is 11.9 Å². The summed E-state index contributed by atoms with van der Waals surface area (Å²) in [5.41, 5.74) is 4.37. The summed E-state index contributed by atoms with van der Waals surface area (Å²) in [7, 11) is 2.10. The lowest BCUT2D eigenvalue weighted by molar-refractivity contribution is 0.0664. The van der Waals surface area contributed by atoms with E-state index in [4.69, 9.17) is 0 Å². The number of amides is 1. The molecule has 5 nitrogen and oxygen atoms in total. The van der Waals surface area contributed by atoms with Gasteiger partial charge in [-0.1, -0.05) is 79.0 Å². The van der Waals surface area contributed by atoms with Crippen LogP contribution in [0, 0.1) is 0 Å².